The van der Waals surface area contributed by atoms with Crippen molar-refractivity contribution in [1.29, 1.82) is 0 Å². The summed E-state index contributed by atoms with van der Waals surface area (Å²) in [5.74, 6) is -0.490. The van der Waals surface area contributed by atoms with Crippen molar-refractivity contribution in [3.05, 3.63) is 24.3 Å². The van der Waals surface area contributed by atoms with E-state index in [0.717, 1.165) is 57.8 Å². The number of quaternary nitrogens is 1. The third kappa shape index (κ3) is 58.9. The molecular formula is C67H132N2O7P+. The number of hydrogen-bond acceptors (Lipinski definition) is 6. The molecule has 0 saturated carbocycles. The summed E-state index contributed by atoms with van der Waals surface area (Å²) < 4.78 is 30.8. The Morgan fingerprint density at radius 2 is 0.753 bits per heavy atom. The minimum absolute atomic E-state index is 0.0431. The third-order valence-electron chi connectivity index (χ3n) is 15.4. The van der Waals surface area contributed by atoms with Crippen LogP contribution in [0.1, 0.15) is 342 Å². The van der Waals surface area contributed by atoms with Crippen molar-refractivity contribution in [3.63, 3.8) is 0 Å². The maximum atomic E-state index is 13.6. The number of nitrogens with zero attached hydrogens (tertiary/aromatic N) is 1. The molecule has 0 bridgehead atoms. The van der Waals surface area contributed by atoms with Gasteiger partial charge in [-0.15, -0.1) is 0 Å². The van der Waals surface area contributed by atoms with Gasteiger partial charge in [-0.05, 0) is 57.4 Å². The molecule has 1 amide bonds. The lowest BCUT2D eigenvalue weighted by Crippen LogP contribution is -2.47. The van der Waals surface area contributed by atoms with E-state index in [4.69, 9.17) is 13.8 Å². The number of rotatable bonds is 62. The van der Waals surface area contributed by atoms with Gasteiger partial charge in [0.2, 0.25) is 5.91 Å². The highest BCUT2D eigenvalue weighted by Gasteiger charge is 2.30. The summed E-state index contributed by atoms with van der Waals surface area (Å²) in [6.45, 7) is 7.06. The molecule has 0 radical (unpaired) electrons. The first-order chi connectivity index (χ1) is 37.4. The molecule has 0 heterocycles. The normalized spacial score (nSPS) is 13.7. The van der Waals surface area contributed by atoms with E-state index < -0.39 is 20.0 Å². The number of hydrogen-bond donors (Lipinski definition) is 2. The van der Waals surface area contributed by atoms with Crippen LogP contribution in [0.2, 0.25) is 0 Å². The van der Waals surface area contributed by atoms with Crippen LogP contribution in [0.25, 0.3) is 0 Å². The second-order valence-corrected chi connectivity index (χ2v) is 25.8. The monoisotopic (exact) mass is 1110 g/mol. The first-order valence-electron chi connectivity index (χ1n) is 33.7. The number of carbonyl (C=O) groups is 2. The molecule has 0 aliphatic carbocycles. The molecule has 0 aromatic heterocycles. The van der Waals surface area contributed by atoms with Gasteiger partial charge >= 0.3 is 13.8 Å². The largest absolute Gasteiger partial charge is 0.472 e. The lowest BCUT2D eigenvalue weighted by Gasteiger charge is -2.27. The predicted molar refractivity (Wildman–Crippen MR) is 333 cm³/mol. The summed E-state index contributed by atoms with van der Waals surface area (Å²) in [6.07, 6.45) is 68.9. The van der Waals surface area contributed by atoms with Crippen LogP contribution in [0.4, 0.5) is 0 Å². The summed E-state index contributed by atoms with van der Waals surface area (Å²) in [5.41, 5.74) is 0. The van der Waals surface area contributed by atoms with Crippen LogP contribution in [0.3, 0.4) is 0 Å². The number of unbranched alkanes of at least 4 members (excludes halogenated alkanes) is 44. The van der Waals surface area contributed by atoms with E-state index in [0.29, 0.717) is 23.9 Å². The molecule has 0 saturated heterocycles. The molecule has 0 aliphatic rings. The van der Waals surface area contributed by atoms with Gasteiger partial charge in [0.1, 0.15) is 19.3 Å². The molecule has 77 heavy (non-hydrogen) atoms. The molecule has 3 atom stereocenters. The summed E-state index contributed by atoms with van der Waals surface area (Å²) in [5, 5.41) is 3.07. The lowest BCUT2D eigenvalue weighted by atomic mass is 10.0. The number of likely N-dealkylation sites (N-methyl/N-ethyl adjacent to an activating group) is 1. The van der Waals surface area contributed by atoms with Gasteiger partial charge in [-0.2, -0.15) is 0 Å². The summed E-state index contributed by atoms with van der Waals surface area (Å²) >= 11 is 0. The van der Waals surface area contributed by atoms with Crippen molar-refractivity contribution in [3.8, 4) is 0 Å². The van der Waals surface area contributed by atoms with Crippen LogP contribution >= 0.6 is 7.82 Å². The van der Waals surface area contributed by atoms with E-state index in [1.54, 1.807) is 0 Å². The van der Waals surface area contributed by atoms with E-state index >= 15 is 0 Å². The molecule has 0 aliphatic heterocycles. The summed E-state index contributed by atoms with van der Waals surface area (Å²) in [4.78, 5) is 37.8. The zero-order chi connectivity index (χ0) is 56.4. The van der Waals surface area contributed by atoms with Gasteiger partial charge < -0.3 is 19.4 Å². The van der Waals surface area contributed by atoms with Gasteiger partial charge in [0.15, 0.2) is 0 Å². The lowest BCUT2D eigenvalue weighted by molar-refractivity contribution is -0.870. The third-order valence-corrected chi connectivity index (χ3v) is 16.4. The fraction of sp³-hybridized carbons (Fsp3) is 0.910. The zero-order valence-electron chi connectivity index (χ0n) is 52.2. The van der Waals surface area contributed by atoms with E-state index in [-0.39, 0.29) is 25.1 Å². The molecule has 9 nitrogen and oxygen atoms in total. The van der Waals surface area contributed by atoms with Crippen molar-refractivity contribution in [2.75, 3.05) is 40.9 Å². The Labute approximate surface area is 479 Å². The van der Waals surface area contributed by atoms with Gasteiger partial charge in [0, 0.05) is 12.8 Å². The van der Waals surface area contributed by atoms with Crippen LogP contribution in [0.5, 0.6) is 0 Å². The number of ether oxygens (including phenoxy) is 1. The molecule has 0 aromatic carbocycles. The van der Waals surface area contributed by atoms with Gasteiger partial charge in [-0.25, -0.2) is 4.57 Å². The van der Waals surface area contributed by atoms with Crippen LogP contribution in [0.15, 0.2) is 24.3 Å². The fourth-order valence-corrected chi connectivity index (χ4v) is 10.9. The average molecular weight is 1110 g/mol. The zero-order valence-corrected chi connectivity index (χ0v) is 53.1. The molecule has 10 heteroatoms. The maximum absolute atomic E-state index is 13.6. The van der Waals surface area contributed by atoms with Crippen molar-refractivity contribution in [2.45, 2.75) is 354 Å². The Bertz CT molecular complexity index is 1370. The van der Waals surface area contributed by atoms with Crippen molar-refractivity contribution in [1.82, 2.24) is 5.32 Å². The Kier molecular flexibility index (Phi) is 56.6. The Morgan fingerprint density at radius 1 is 0.442 bits per heavy atom. The van der Waals surface area contributed by atoms with E-state index in [2.05, 4.69) is 38.2 Å². The number of phosphoric ester groups is 1. The van der Waals surface area contributed by atoms with Crippen LogP contribution in [0, 0.1) is 0 Å². The maximum Gasteiger partial charge on any atom is 0.472 e. The number of phosphoric acid groups is 1. The highest BCUT2D eigenvalue weighted by molar-refractivity contribution is 7.47. The van der Waals surface area contributed by atoms with Crippen molar-refractivity contribution >= 4 is 19.7 Å². The highest BCUT2D eigenvalue weighted by Crippen LogP contribution is 2.43. The number of allylic oxidation sites excluding steroid dienone is 3. The Morgan fingerprint density at radius 3 is 1.10 bits per heavy atom. The average Bonchev–Trinajstić information content (AvgIpc) is 3.39. The fourth-order valence-electron chi connectivity index (χ4n) is 10.2. The van der Waals surface area contributed by atoms with Crippen LogP contribution < -0.4 is 5.32 Å². The second-order valence-electron chi connectivity index (χ2n) is 24.4. The molecule has 0 aromatic rings. The molecule has 3 unspecified atom stereocenters. The summed E-state index contributed by atoms with van der Waals surface area (Å²) in [6, 6.07) is -0.845. The molecule has 456 valence electrons. The Balaban J connectivity index is 5.16. The number of nitrogens with one attached hydrogen (secondary N) is 1. The SMILES string of the molecule is CCCCCCCC/C=C/CCCCCCCCCC(=O)NC(COP(=O)(O)OCC[N+](C)(C)C)C(/C=C/CCCCCCCCCCCCC)OC(=O)CCCCCCCCCCCCCCCCCCCCCCC. The van der Waals surface area contributed by atoms with Gasteiger partial charge in [-0.3, -0.25) is 18.6 Å². The quantitative estimate of drug-likeness (QED) is 0.0205. The minimum atomic E-state index is -4.45. The molecule has 0 fully saturated rings. The van der Waals surface area contributed by atoms with Gasteiger partial charge in [0.25, 0.3) is 0 Å². The van der Waals surface area contributed by atoms with Crippen molar-refractivity contribution in [2.24, 2.45) is 0 Å². The standard InChI is InChI=1S/C67H131N2O7P/c1-7-10-13-16-19-22-25-28-30-32-33-34-35-37-39-42-45-48-51-54-57-60-67(71)76-65(58-55-52-49-46-43-40-27-24-21-18-15-12-9-3)64(63-75-77(72,73)74-62-61-69(4,5)6)68-66(70)59-56-53-50-47-44-41-38-36-31-29-26-23-20-17-14-11-8-2/h29,31,55,58,64-65H,7-28,30,32-54,56-57,59-63H2,1-6H3,(H-,68,70,72,73)/p+1/b31-29+,58-55+. The molecule has 0 rings (SSSR count). The predicted octanol–water partition coefficient (Wildman–Crippen LogP) is 20.9. The van der Waals surface area contributed by atoms with E-state index in [1.165, 1.54) is 250 Å². The molecule has 0 spiro atoms. The molecular weight excluding hydrogens is 976 g/mol. The number of esters is 1. The number of amides is 1. The van der Waals surface area contributed by atoms with Crippen molar-refractivity contribution < 1.29 is 37.3 Å². The minimum Gasteiger partial charge on any atom is -0.456 e. The Hall–Kier alpha value is -1.51. The van der Waals surface area contributed by atoms with Gasteiger partial charge in [-0.1, -0.05) is 296 Å². The van der Waals surface area contributed by atoms with E-state index in [9.17, 15) is 19.0 Å². The van der Waals surface area contributed by atoms with Gasteiger partial charge in [0.05, 0.1) is 33.8 Å². The first kappa shape index (κ1) is 75.5. The van der Waals surface area contributed by atoms with Crippen LogP contribution in [-0.2, 0) is 27.9 Å². The second kappa shape index (κ2) is 57.7. The topological polar surface area (TPSA) is 111 Å². The number of carbonyl (C=O) groups excluding carboxylic acids is 2. The van der Waals surface area contributed by atoms with Crippen LogP contribution in [-0.4, -0.2) is 74.3 Å². The molecule has 2 N–H and O–H groups in total. The van der Waals surface area contributed by atoms with E-state index in [1.807, 2.05) is 33.3 Å². The first-order valence-corrected chi connectivity index (χ1v) is 35.2. The summed E-state index contributed by atoms with van der Waals surface area (Å²) in [7, 11) is 1.51. The smallest absolute Gasteiger partial charge is 0.456 e. The highest BCUT2D eigenvalue weighted by atomic mass is 31.2.